The lowest BCUT2D eigenvalue weighted by molar-refractivity contribution is -0.109. The lowest BCUT2D eigenvalue weighted by Crippen LogP contribution is -2.42. The third kappa shape index (κ3) is 18.8. The van der Waals surface area contributed by atoms with Crippen molar-refractivity contribution in [3.8, 4) is 0 Å². The van der Waals surface area contributed by atoms with E-state index in [0.717, 1.165) is 55.3 Å². The maximum atomic E-state index is 12.7. The molecule has 0 bridgehead atoms. The third-order valence-corrected chi connectivity index (χ3v) is 11.0. The molecular formula is C35H57F4IN6O5S2. The van der Waals surface area contributed by atoms with Gasteiger partial charge in [-0.2, -0.15) is 10.2 Å². The summed E-state index contributed by atoms with van der Waals surface area (Å²) in [6.07, 6.45) is -1.78. The number of amides is 2. The highest BCUT2D eigenvalue weighted by Gasteiger charge is 2.28. The number of rotatable bonds is 7. The van der Waals surface area contributed by atoms with Crippen LogP contribution < -0.4 is 0 Å². The highest BCUT2D eigenvalue weighted by molar-refractivity contribution is 14.1. The van der Waals surface area contributed by atoms with Gasteiger partial charge in [-0.15, -0.1) is 11.8 Å². The smallest absolute Gasteiger partial charge is 0.410 e. The summed E-state index contributed by atoms with van der Waals surface area (Å²) >= 11 is 4.87. The lowest BCUT2D eigenvalue weighted by atomic mass is 9.99. The van der Waals surface area contributed by atoms with Crippen LogP contribution in [0.15, 0.2) is 17.2 Å². The number of nitrogens with zero attached hydrogens (tertiary/aromatic N) is 6. The van der Waals surface area contributed by atoms with Crippen LogP contribution in [0.2, 0.25) is 0 Å². The minimum atomic E-state index is -2.54. The number of piperidine rings is 2. The van der Waals surface area contributed by atoms with Crippen LogP contribution >= 0.6 is 46.1 Å². The van der Waals surface area contributed by atoms with Crippen LogP contribution in [0, 0.1) is 15.5 Å². The molecule has 0 aromatic carbocycles. The lowest BCUT2D eigenvalue weighted by Gasteiger charge is -2.33. The van der Waals surface area contributed by atoms with Crippen LogP contribution in [0.1, 0.15) is 106 Å². The molecule has 0 N–H and O–H groups in total. The standard InChI is InChI=1S/C16H25F2N3O2S.C13H23NO3S.C5H5F2IN2.CH4/c1-16(2,3)23-15(22)21-7-5-11(6-8-21)10-24-13-9-12(14(17)18)19-20(13)4;1-10(15)18-9-11-5-7-14(8-6-11)12(16)17-13(2,3)4;1-10-4(8)2-3(9-10)5(6)7;/h9,11,14H,5-8,10H2,1-4H3;11H,5-9H2,1-4H3;2,5H,1H3;1H4. The molecule has 2 aliphatic heterocycles. The van der Waals surface area contributed by atoms with Gasteiger partial charge in [0.2, 0.25) is 0 Å². The molecule has 53 heavy (non-hydrogen) atoms. The van der Waals surface area contributed by atoms with E-state index in [1.165, 1.54) is 33.3 Å². The number of carbonyl (C=O) groups excluding carboxylic acids is 3. The number of alkyl halides is 4. The number of ether oxygens (including phenoxy) is 2. The van der Waals surface area contributed by atoms with Crippen molar-refractivity contribution in [2.45, 2.75) is 111 Å². The fraction of sp³-hybridized carbons (Fsp3) is 0.743. The van der Waals surface area contributed by atoms with Gasteiger partial charge in [0, 0.05) is 58.7 Å². The summed E-state index contributed by atoms with van der Waals surface area (Å²) in [6, 6.07) is 2.82. The van der Waals surface area contributed by atoms with Crippen LogP contribution in [-0.2, 0) is 28.4 Å². The Labute approximate surface area is 334 Å². The second-order valence-corrected chi connectivity index (χ2v) is 17.9. The van der Waals surface area contributed by atoms with E-state index in [9.17, 15) is 31.9 Å². The van der Waals surface area contributed by atoms with E-state index in [4.69, 9.17) is 9.47 Å². The molecule has 2 aliphatic rings. The summed E-state index contributed by atoms with van der Waals surface area (Å²) in [7, 11) is 3.31. The van der Waals surface area contributed by atoms with Gasteiger partial charge in [-0.1, -0.05) is 19.2 Å². The average molecular weight is 909 g/mol. The van der Waals surface area contributed by atoms with E-state index < -0.39 is 24.1 Å². The van der Waals surface area contributed by atoms with Gasteiger partial charge in [0.05, 0.1) is 8.73 Å². The fourth-order valence-electron chi connectivity index (χ4n) is 4.94. The summed E-state index contributed by atoms with van der Waals surface area (Å²) < 4.78 is 63.4. The molecule has 11 nitrogen and oxygen atoms in total. The third-order valence-electron chi connectivity index (χ3n) is 7.67. The first-order valence-corrected chi connectivity index (χ1v) is 20.1. The van der Waals surface area contributed by atoms with E-state index >= 15 is 0 Å². The molecule has 0 saturated carbocycles. The number of aryl methyl sites for hydroxylation is 2. The van der Waals surface area contributed by atoms with Crippen molar-refractivity contribution in [3.05, 3.63) is 27.2 Å². The molecule has 2 aromatic heterocycles. The number of carbonyl (C=O) groups is 3. The summed E-state index contributed by atoms with van der Waals surface area (Å²) in [5, 5.41) is 8.31. The Kier molecular flexibility index (Phi) is 20.6. The minimum Gasteiger partial charge on any atom is -0.444 e. The average Bonchev–Trinajstić information content (AvgIpc) is 3.59. The summed E-state index contributed by atoms with van der Waals surface area (Å²) in [5.74, 6) is 2.71. The van der Waals surface area contributed by atoms with Gasteiger partial charge in [0.25, 0.3) is 12.9 Å². The highest BCUT2D eigenvalue weighted by atomic mass is 127. The first-order valence-electron chi connectivity index (χ1n) is 17.1. The summed E-state index contributed by atoms with van der Waals surface area (Å²) in [4.78, 5) is 38.3. The Morgan fingerprint density at radius 3 is 1.49 bits per heavy atom. The van der Waals surface area contributed by atoms with Gasteiger partial charge in [-0.05, 0) is 114 Å². The number of halogens is 5. The van der Waals surface area contributed by atoms with Crippen molar-refractivity contribution in [1.29, 1.82) is 0 Å². The molecule has 2 fully saturated rings. The largest absolute Gasteiger partial charge is 0.444 e. The summed E-state index contributed by atoms with van der Waals surface area (Å²) in [5.41, 5.74) is -1.25. The van der Waals surface area contributed by atoms with Crippen LogP contribution in [0.3, 0.4) is 0 Å². The molecule has 0 unspecified atom stereocenters. The number of hydrogen-bond acceptors (Lipinski definition) is 9. The van der Waals surface area contributed by atoms with Crippen molar-refractivity contribution in [2.75, 3.05) is 37.7 Å². The molecule has 4 heterocycles. The molecule has 2 amide bonds. The Morgan fingerprint density at radius 2 is 1.17 bits per heavy atom. The zero-order valence-corrected chi connectivity index (χ0v) is 35.3. The van der Waals surface area contributed by atoms with Gasteiger partial charge in [-0.25, -0.2) is 27.2 Å². The van der Waals surface area contributed by atoms with Crippen molar-refractivity contribution in [1.82, 2.24) is 29.4 Å². The topological polar surface area (TPSA) is 112 Å². The van der Waals surface area contributed by atoms with Gasteiger partial charge in [0.15, 0.2) is 5.12 Å². The summed E-state index contributed by atoms with van der Waals surface area (Å²) in [6.45, 7) is 15.6. The highest BCUT2D eigenvalue weighted by Crippen LogP contribution is 2.29. The molecular weight excluding hydrogens is 851 g/mol. The van der Waals surface area contributed by atoms with Crippen molar-refractivity contribution in [2.24, 2.45) is 25.9 Å². The Hall–Kier alpha value is -2.22. The Balaban J connectivity index is 0.000000426. The van der Waals surface area contributed by atoms with Crippen molar-refractivity contribution >= 4 is 63.4 Å². The number of likely N-dealkylation sites (tertiary alicyclic amines) is 2. The van der Waals surface area contributed by atoms with Gasteiger partial charge in [0.1, 0.15) is 22.6 Å². The quantitative estimate of drug-likeness (QED) is 0.152. The van der Waals surface area contributed by atoms with Crippen LogP contribution in [0.25, 0.3) is 0 Å². The van der Waals surface area contributed by atoms with E-state index in [1.54, 1.807) is 42.6 Å². The number of thioether (sulfide) groups is 2. The van der Waals surface area contributed by atoms with Crippen LogP contribution in [0.4, 0.5) is 27.2 Å². The monoisotopic (exact) mass is 908 g/mol. The van der Waals surface area contributed by atoms with Crippen LogP contribution in [-0.4, -0.2) is 95.5 Å². The fourth-order valence-corrected chi connectivity index (χ4v) is 7.34. The normalized spacial score (nSPS) is 15.6. The zero-order chi connectivity index (χ0) is 39.4. The van der Waals surface area contributed by atoms with Gasteiger partial charge >= 0.3 is 12.2 Å². The van der Waals surface area contributed by atoms with Crippen molar-refractivity contribution in [3.63, 3.8) is 0 Å². The SMILES string of the molecule is C.CC(=O)SCC1CCN(C(=O)OC(C)(C)C)CC1.Cn1nc(C(F)F)cc1I.Cn1nc(C(F)F)cc1SCC1CCN(C(=O)OC(C)(C)C)CC1. The molecule has 0 atom stereocenters. The molecule has 4 rings (SSSR count). The van der Waals surface area contributed by atoms with Crippen molar-refractivity contribution < 1.29 is 41.4 Å². The second kappa shape index (κ2) is 22.4. The molecule has 18 heteroatoms. The minimum absolute atomic E-state index is 0. The molecule has 304 valence electrons. The Bertz CT molecular complexity index is 1420. The van der Waals surface area contributed by atoms with Gasteiger partial charge < -0.3 is 19.3 Å². The van der Waals surface area contributed by atoms with E-state index in [0.29, 0.717) is 28.6 Å². The molecule has 0 spiro atoms. The Morgan fingerprint density at radius 1 is 0.774 bits per heavy atom. The predicted molar refractivity (Wildman–Crippen MR) is 211 cm³/mol. The van der Waals surface area contributed by atoms with E-state index in [2.05, 4.69) is 10.2 Å². The molecule has 2 aromatic rings. The van der Waals surface area contributed by atoms with E-state index in [-0.39, 0.29) is 36.1 Å². The first-order chi connectivity index (χ1) is 24.0. The predicted octanol–water partition coefficient (Wildman–Crippen LogP) is 9.61. The number of aromatic nitrogens is 4. The molecule has 0 aliphatic carbocycles. The molecule has 2 saturated heterocycles. The number of hydrogen-bond donors (Lipinski definition) is 0. The maximum Gasteiger partial charge on any atom is 0.410 e. The second-order valence-electron chi connectivity index (χ2n) is 14.6. The maximum absolute atomic E-state index is 12.7. The van der Waals surface area contributed by atoms with E-state index in [1.807, 2.05) is 64.1 Å². The van der Waals surface area contributed by atoms with Crippen LogP contribution in [0.5, 0.6) is 0 Å². The van der Waals surface area contributed by atoms with Gasteiger partial charge in [-0.3, -0.25) is 14.2 Å². The zero-order valence-electron chi connectivity index (χ0n) is 31.5. The molecule has 0 radical (unpaired) electrons. The first kappa shape index (κ1) is 48.8.